The highest BCUT2D eigenvalue weighted by Gasteiger charge is 2.22. The first-order chi connectivity index (χ1) is 7.78. The van der Waals surface area contributed by atoms with Crippen molar-refractivity contribution >= 4 is 0 Å². The van der Waals surface area contributed by atoms with Gasteiger partial charge in [-0.25, -0.2) is 0 Å². The lowest BCUT2D eigenvalue weighted by Crippen LogP contribution is -2.28. The number of aryl methyl sites for hydroxylation is 1. The van der Waals surface area contributed by atoms with Crippen LogP contribution in [-0.2, 0) is 6.42 Å². The molecule has 0 aliphatic rings. The number of furan rings is 1. The van der Waals surface area contributed by atoms with Crippen molar-refractivity contribution in [3.05, 3.63) is 23.7 Å². The summed E-state index contributed by atoms with van der Waals surface area (Å²) in [5, 5.41) is 3.60. The van der Waals surface area contributed by atoms with Crippen molar-refractivity contribution in [1.29, 1.82) is 0 Å². The molecule has 0 spiro atoms. The first-order valence-electron chi connectivity index (χ1n) is 6.57. The molecule has 0 aromatic carbocycles. The van der Waals surface area contributed by atoms with E-state index in [0.717, 1.165) is 18.7 Å². The Bertz CT molecular complexity index is 289. The van der Waals surface area contributed by atoms with Crippen LogP contribution in [0.15, 0.2) is 16.7 Å². The minimum Gasteiger partial charge on any atom is -0.469 e. The molecule has 1 atom stereocenters. The maximum absolute atomic E-state index is 5.54. The molecule has 1 unspecified atom stereocenters. The molecule has 0 amide bonds. The molecule has 1 aromatic heterocycles. The standard InChI is InChI=1S/C14H25NO/c1-5-11(6-2)14(15-8-4)12-9-10-16-13(12)7-3/h9-11,14-15H,5-8H2,1-4H3. The van der Waals surface area contributed by atoms with Gasteiger partial charge in [-0.1, -0.05) is 40.5 Å². The van der Waals surface area contributed by atoms with Crippen molar-refractivity contribution in [1.82, 2.24) is 5.32 Å². The Hall–Kier alpha value is -0.760. The predicted molar refractivity (Wildman–Crippen MR) is 68.6 cm³/mol. The zero-order valence-electron chi connectivity index (χ0n) is 11.0. The molecule has 1 aromatic rings. The molecule has 1 rings (SSSR count). The minimum absolute atomic E-state index is 0.453. The summed E-state index contributed by atoms with van der Waals surface area (Å²) in [5.74, 6) is 1.83. The normalized spacial score (nSPS) is 13.3. The van der Waals surface area contributed by atoms with Crippen LogP contribution in [0, 0.1) is 5.92 Å². The summed E-state index contributed by atoms with van der Waals surface area (Å²) in [7, 11) is 0. The maximum Gasteiger partial charge on any atom is 0.108 e. The van der Waals surface area contributed by atoms with Crippen molar-refractivity contribution in [2.24, 2.45) is 5.92 Å². The SMILES string of the molecule is CCNC(c1ccoc1CC)C(CC)CC. The first-order valence-corrected chi connectivity index (χ1v) is 6.57. The highest BCUT2D eigenvalue weighted by Crippen LogP contribution is 2.30. The molecule has 1 N–H and O–H groups in total. The van der Waals surface area contributed by atoms with Crippen LogP contribution < -0.4 is 5.32 Å². The van der Waals surface area contributed by atoms with E-state index < -0.39 is 0 Å². The van der Waals surface area contributed by atoms with Crippen LogP contribution in [0.25, 0.3) is 0 Å². The van der Waals surface area contributed by atoms with Gasteiger partial charge in [0.2, 0.25) is 0 Å². The average Bonchev–Trinajstić information content (AvgIpc) is 2.77. The summed E-state index contributed by atoms with van der Waals surface area (Å²) in [6, 6.07) is 2.58. The van der Waals surface area contributed by atoms with Gasteiger partial charge in [0.05, 0.1) is 6.26 Å². The molecule has 0 bridgehead atoms. The Balaban J connectivity index is 2.91. The lowest BCUT2D eigenvalue weighted by atomic mass is 9.88. The maximum atomic E-state index is 5.54. The molecule has 0 saturated heterocycles. The van der Waals surface area contributed by atoms with E-state index in [0.29, 0.717) is 12.0 Å². The number of hydrogen-bond acceptors (Lipinski definition) is 2. The predicted octanol–water partition coefficient (Wildman–Crippen LogP) is 3.93. The van der Waals surface area contributed by atoms with Crippen LogP contribution >= 0.6 is 0 Å². The highest BCUT2D eigenvalue weighted by atomic mass is 16.3. The van der Waals surface area contributed by atoms with Crippen LogP contribution in [0.1, 0.15) is 57.9 Å². The fourth-order valence-corrected chi connectivity index (χ4v) is 2.43. The summed E-state index contributed by atoms with van der Waals surface area (Å²) in [4.78, 5) is 0. The summed E-state index contributed by atoms with van der Waals surface area (Å²) in [5.41, 5.74) is 1.36. The molecule has 2 nitrogen and oxygen atoms in total. The van der Waals surface area contributed by atoms with Gasteiger partial charge in [-0.15, -0.1) is 0 Å². The van der Waals surface area contributed by atoms with Gasteiger partial charge in [-0.2, -0.15) is 0 Å². The summed E-state index contributed by atoms with van der Waals surface area (Å²) in [6.45, 7) is 9.86. The van der Waals surface area contributed by atoms with E-state index in [4.69, 9.17) is 4.42 Å². The second kappa shape index (κ2) is 6.74. The molecule has 92 valence electrons. The Labute approximate surface area is 99.4 Å². The van der Waals surface area contributed by atoms with Crippen molar-refractivity contribution in [3.63, 3.8) is 0 Å². The van der Waals surface area contributed by atoms with E-state index in [-0.39, 0.29) is 0 Å². The fourth-order valence-electron chi connectivity index (χ4n) is 2.43. The number of rotatable bonds is 7. The summed E-state index contributed by atoms with van der Waals surface area (Å²) >= 11 is 0. The third-order valence-electron chi connectivity index (χ3n) is 3.38. The second-order valence-electron chi connectivity index (χ2n) is 4.26. The van der Waals surface area contributed by atoms with Crippen molar-refractivity contribution < 1.29 is 4.42 Å². The smallest absolute Gasteiger partial charge is 0.108 e. The Morgan fingerprint density at radius 3 is 2.38 bits per heavy atom. The summed E-state index contributed by atoms with van der Waals surface area (Å²) in [6.07, 6.45) is 5.22. The molecule has 0 saturated carbocycles. The van der Waals surface area contributed by atoms with E-state index in [1.54, 1.807) is 0 Å². The van der Waals surface area contributed by atoms with E-state index >= 15 is 0 Å². The Morgan fingerprint density at radius 1 is 1.19 bits per heavy atom. The van der Waals surface area contributed by atoms with Gasteiger partial charge in [-0.3, -0.25) is 0 Å². The van der Waals surface area contributed by atoms with Crippen molar-refractivity contribution in [2.45, 2.75) is 53.0 Å². The van der Waals surface area contributed by atoms with Crippen molar-refractivity contribution in [2.75, 3.05) is 6.54 Å². The topological polar surface area (TPSA) is 25.2 Å². The average molecular weight is 223 g/mol. The second-order valence-corrected chi connectivity index (χ2v) is 4.26. The van der Waals surface area contributed by atoms with E-state index in [1.807, 2.05) is 6.26 Å². The third kappa shape index (κ3) is 2.88. The van der Waals surface area contributed by atoms with Gasteiger partial charge in [0.1, 0.15) is 5.76 Å². The van der Waals surface area contributed by atoms with Gasteiger partial charge in [0, 0.05) is 18.0 Å². The lowest BCUT2D eigenvalue weighted by Gasteiger charge is -2.26. The molecule has 0 aliphatic heterocycles. The Kier molecular flexibility index (Phi) is 5.61. The molecule has 0 fully saturated rings. The lowest BCUT2D eigenvalue weighted by molar-refractivity contribution is 0.340. The largest absolute Gasteiger partial charge is 0.469 e. The van der Waals surface area contributed by atoms with Crippen LogP contribution in [0.5, 0.6) is 0 Å². The van der Waals surface area contributed by atoms with Gasteiger partial charge >= 0.3 is 0 Å². The quantitative estimate of drug-likeness (QED) is 0.757. The minimum atomic E-state index is 0.453. The van der Waals surface area contributed by atoms with Gasteiger partial charge in [0.15, 0.2) is 0 Å². The zero-order chi connectivity index (χ0) is 12.0. The zero-order valence-corrected chi connectivity index (χ0v) is 11.0. The van der Waals surface area contributed by atoms with Crippen LogP contribution in [-0.4, -0.2) is 6.54 Å². The van der Waals surface area contributed by atoms with E-state index in [9.17, 15) is 0 Å². The van der Waals surface area contributed by atoms with Crippen LogP contribution in [0.2, 0.25) is 0 Å². The summed E-state index contributed by atoms with van der Waals surface area (Å²) < 4.78 is 5.54. The third-order valence-corrected chi connectivity index (χ3v) is 3.38. The first kappa shape index (κ1) is 13.3. The number of hydrogen-bond donors (Lipinski definition) is 1. The van der Waals surface area contributed by atoms with Crippen molar-refractivity contribution in [3.8, 4) is 0 Å². The van der Waals surface area contributed by atoms with E-state index in [2.05, 4.69) is 39.1 Å². The Morgan fingerprint density at radius 2 is 1.88 bits per heavy atom. The van der Waals surface area contributed by atoms with Gasteiger partial charge in [0.25, 0.3) is 0 Å². The monoisotopic (exact) mass is 223 g/mol. The van der Waals surface area contributed by atoms with E-state index in [1.165, 1.54) is 18.4 Å². The van der Waals surface area contributed by atoms with Gasteiger partial charge in [-0.05, 0) is 18.5 Å². The molecule has 1 heterocycles. The molecule has 0 radical (unpaired) electrons. The van der Waals surface area contributed by atoms with Gasteiger partial charge < -0.3 is 9.73 Å². The number of nitrogens with one attached hydrogen (secondary N) is 1. The molecule has 2 heteroatoms. The molecule has 16 heavy (non-hydrogen) atoms. The van der Waals surface area contributed by atoms with Crippen LogP contribution in [0.4, 0.5) is 0 Å². The highest BCUT2D eigenvalue weighted by molar-refractivity contribution is 5.22. The fraction of sp³-hybridized carbons (Fsp3) is 0.714. The molecule has 0 aliphatic carbocycles. The molecular weight excluding hydrogens is 198 g/mol. The van der Waals surface area contributed by atoms with Crippen LogP contribution in [0.3, 0.4) is 0 Å². The molecular formula is C14H25NO.